The van der Waals surface area contributed by atoms with Gasteiger partial charge in [-0.05, 0) is 37.1 Å². The van der Waals surface area contributed by atoms with Crippen molar-refractivity contribution in [2.24, 2.45) is 0 Å². The molecule has 6 heteroatoms. The molecule has 1 fully saturated rings. The molecule has 0 aliphatic carbocycles. The zero-order valence-corrected chi connectivity index (χ0v) is 15.4. The average molecular weight is 354 g/mol. The van der Waals surface area contributed by atoms with Crippen LogP contribution in [0.15, 0.2) is 36.5 Å². The fourth-order valence-corrected chi connectivity index (χ4v) is 3.01. The lowest BCUT2D eigenvalue weighted by atomic mass is 10.1. The van der Waals surface area contributed by atoms with E-state index in [2.05, 4.69) is 20.5 Å². The van der Waals surface area contributed by atoms with E-state index in [0.717, 1.165) is 61.9 Å². The number of para-hydroxylation sites is 1. The number of aryl methyl sites for hydroxylation is 2. The minimum absolute atomic E-state index is 0.192. The number of morpholine rings is 1. The van der Waals surface area contributed by atoms with Gasteiger partial charge in [0.1, 0.15) is 5.69 Å². The van der Waals surface area contributed by atoms with Crippen LogP contribution in [0.4, 0.5) is 11.4 Å². The molecule has 2 aromatic rings. The Morgan fingerprint density at radius 3 is 2.54 bits per heavy atom. The second kappa shape index (κ2) is 8.78. The van der Waals surface area contributed by atoms with Crippen molar-refractivity contribution in [2.75, 3.05) is 50.0 Å². The van der Waals surface area contributed by atoms with Crippen LogP contribution in [0.25, 0.3) is 0 Å². The van der Waals surface area contributed by atoms with Gasteiger partial charge in [0.15, 0.2) is 0 Å². The molecule has 1 aliphatic rings. The molecule has 3 rings (SSSR count). The Bertz CT molecular complexity index is 720. The molecule has 1 aliphatic heterocycles. The summed E-state index contributed by atoms with van der Waals surface area (Å²) < 4.78 is 5.35. The Hall–Kier alpha value is -2.44. The molecule has 1 amide bonds. The van der Waals surface area contributed by atoms with E-state index in [1.54, 1.807) is 12.3 Å². The molecule has 0 saturated carbocycles. The minimum atomic E-state index is -0.192. The highest BCUT2D eigenvalue weighted by molar-refractivity contribution is 6.03. The van der Waals surface area contributed by atoms with E-state index >= 15 is 0 Å². The number of benzene rings is 1. The summed E-state index contributed by atoms with van der Waals surface area (Å²) in [6.45, 7) is 9.37. The average Bonchev–Trinajstić information content (AvgIpc) is 2.66. The summed E-state index contributed by atoms with van der Waals surface area (Å²) in [5, 5.41) is 6.31. The summed E-state index contributed by atoms with van der Waals surface area (Å²) >= 11 is 0. The highest BCUT2D eigenvalue weighted by atomic mass is 16.5. The third kappa shape index (κ3) is 4.80. The van der Waals surface area contributed by atoms with Crippen LogP contribution in [0.1, 0.15) is 21.6 Å². The van der Waals surface area contributed by atoms with Crippen LogP contribution in [-0.2, 0) is 4.74 Å². The van der Waals surface area contributed by atoms with E-state index in [1.165, 1.54) is 0 Å². The molecule has 2 heterocycles. The highest BCUT2D eigenvalue weighted by Gasteiger charge is 2.11. The van der Waals surface area contributed by atoms with Crippen molar-refractivity contribution < 1.29 is 9.53 Å². The maximum Gasteiger partial charge on any atom is 0.274 e. The maximum atomic E-state index is 12.4. The number of hydrogen-bond donors (Lipinski definition) is 2. The topological polar surface area (TPSA) is 66.5 Å². The molecule has 0 spiro atoms. The lowest BCUT2D eigenvalue weighted by molar-refractivity contribution is 0.0398. The maximum absolute atomic E-state index is 12.4. The van der Waals surface area contributed by atoms with Crippen LogP contribution in [0.5, 0.6) is 0 Å². The van der Waals surface area contributed by atoms with Gasteiger partial charge >= 0.3 is 0 Å². The van der Waals surface area contributed by atoms with Gasteiger partial charge in [0, 0.05) is 31.9 Å². The molecular formula is C20H26N4O2. The summed E-state index contributed by atoms with van der Waals surface area (Å²) in [5.41, 5.74) is 4.26. The largest absolute Gasteiger partial charge is 0.383 e. The quantitative estimate of drug-likeness (QED) is 0.835. The van der Waals surface area contributed by atoms with Crippen molar-refractivity contribution in [3.8, 4) is 0 Å². The van der Waals surface area contributed by atoms with Crippen LogP contribution in [-0.4, -0.2) is 55.2 Å². The van der Waals surface area contributed by atoms with Crippen LogP contribution in [0.3, 0.4) is 0 Å². The van der Waals surface area contributed by atoms with Crippen molar-refractivity contribution in [2.45, 2.75) is 13.8 Å². The van der Waals surface area contributed by atoms with Crippen molar-refractivity contribution in [1.29, 1.82) is 0 Å². The predicted octanol–water partition coefficient (Wildman–Crippen LogP) is 2.69. The van der Waals surface area contributed by atoms with Gasteiger partial charge in [-0.25, -0.2) is 4.98 Å². The summed E-state index contributed by atoms with van der Waals surface area (Å²) in [5.74, 6) is -0.192. The Morgan fingerprint density at radius 1 is 1.15 bits per heavy atom. The van der Waals surface area contributed by atoms with Crippen molar-refractivity contribution in [1.82, 2.24) is 9.88 Å². The van der Waals surface area contributed by atoms with Gasteiger partial charge in [-0.15, -0.1) is 0 Å². The fourth-order valence-electron chi connectivity index (χ4n) is 3.01. The van der Waals surface area contributed by atoms with E-state index in [-0.39, 0.29) is 5.91 Å². The molecule has 6 nitrogen and oxygen atoms in total. The number of ether oxygens (including phenoxy) is 1. The number of aromatic nitrogens is 1. The van der Waals surface area contributed by atoms with Crippen LogP contribution in [0.2, 0.25) is 0 Å². The van der Waals surface area contributed by atoms with E-state index in [1.807, 2.05) is 38.1 Å². The molecule has 1 aromatic heterocycles. The van der Waals surface area contributed by atoms with Crippen molar-refractivity contribution >= 4 is 17.3 Å². The number of carbonyl (C=O) groups excluding carboxylic acids is 1. The second-order valence-corrected chi connectivity index (χ2v) is 6.53. The first-order valence-corrected chi connectivity index (χ1v) is 9.01. The minimum Gasteiger partial charge on any atom is -0.383 e. The number of rotatable bonds is 6. The first-order chi connectivity index (χ1) is 12.6. The third-order valence-corrected chi connectivity index (χ3v) is 4.58. The Kier molecular flexibility index (Phi) is 6.20. The number of pyridine rings is 1. The van der Waals surface area contributed by atoms with E-state index in [4.69, 9.17) is 4.74 Å². The monoisotopic (exact) mass is 354 g/mol. The molecule has 0 atom stereocenters. The summed E-state index contributed by atoms with van der Waals surface area (Å²) in [4.78, 5) is 19.1. The summed E-state index contributed by atoms with van der Waals surface area (Å²) in [7, 11) is 0. The molecule has 138 valence electrons. The van der Waals surface area contributed by atoms with E-state index in [0.29, 0.717) is 5.69 Å². The summed E-state index contributed by atoms with van der Waals surface area (Å²) in [6.07, 6.45) is 1.71. The van der Waals surface area contributed by atoms with Crippen molar-refractivity contribution in [3.05, 3.63) is 53.3 Å². The molecule has 0 bridgehead atoms. The number of carbonyl (C=O) groups is 1. The fraction of sp³-hybridized carbons (Fsp3) is 0.400. The predicted molar refractivity (Wildman–Crippen MR) is 104 cm³/mol. The molecule has 0 unspecified atom stereocenters. The third-order valence-electron chi connectivity index (χ3n) is 4.58. The van der Waals surface area contributed by atoms with E-state index < -0.39 is 0 Å². The van der Waals surface area contributed by atoms with Gasteiger partial charge in [-0.1, -0.05) is 18.2 Å². The zero-order valence-electron chi connectivity index (χ0n) is 15.4. The number of nitrogens with zero attached hydrogens (tertiary/aromatic N) is 2. The highest BCUT2D eigenvalue weighted by Crippen LogP contribution is 2.20. The number of hydrogen-bond acceptors (Lipinski definition) is 5. The lowest BCUT2D eigenvalue weighted by Gasteiger charge is -2.26. The molecule has 1 saturated heterocycles. The van der Waals surface area contributed by atoms with Crippen LogP contribution in [0, 0.1) is 13.8 Å². The molecule has 2 N–H and O–H groups in total. The SMILES string of the molecule is Cc1cccc(C)c1NC(=O)c1ccc(NCCN2CCOCC2)cn1. The Morgan fingerprint density at radius 2 is 1.88 bits per heavy atom. The van der Waals surface area contributed by atoms with Crippen molar-refractivity contribution in [3.63, 3.8) is 0 Å². The number of anilines is 2. The zero-order chi connectivity index (χ0) is 18.4. The standard InChI is InChI=1S/C20H26N4O2/c1-15-4-3-5-16(2)19(15)23-20(25)18-7-6-17(14-22-18)21-8-9-24-10-12-26-13-11-24/h3-7,14,21H,8-13H2,1-2H3,(H,23,25). The van der Waals surface area contributed by atoms with E-state index in [9.17, 15) is 4.79 Å². The smallest absolute Gasteiger partial charge is 0.274 e. The first-order valence-electron chi connectivity index (χ1n) is 9.01. The van der Waals surface area contributed by atoms with Crippen LogP contribution >= 0.6 is 0 Å². The molecule has 0 radical (unpaired) electrons. The Labute approximate surface area is 154 Å². The molecular weight excluding hydrogens is 328 g/mol. The number of amides is 1. The van der Waals surface area contributed by atoms with Gasteiger partial charge in [0.25, 0.3) is 5.91 Å². The van der Waals surface area contributed by atoms with Crippen LogP contribution < -0.4 is 10.6 Å². The van der Waals surface area contributed by atoms with Gasteiger partial charge in [0.05, 0.1) is 25.1 Å². The molecule has 26 heavy (non-hydrogen) atoms. The van der Waals surface area contributed by atoms with Gasteiger partial charge in [-0.3, -0.25) is 9.69 Å². The first kappa shape index (κ1) is 18.4. The summed E-state index contributed by atoms with van der Waals surface area (Å²) in [6, 6.07) is 9.59. The second-order valence-electron chi connectivity index (χ2n) is 6.53. The normalized spacial score (nSPS) is 14.8. The Balaban J connectivity index is 1.52. The van der Waals surface area contributed by atoms with Gasteiger partial charge in [-0.2, -0.15) is 0 Å². The lowest BCUT2D eigenvalue weighted by Crippen LogP contribution is -2.39. The van der Waals surface area contributed by atoms with Gasteiger partial charge < -0.3 is 15.4 Å². The van der Waals surface area contributed by atoms with Gasteiger partial charge in [0.2, 0.25) is 0 Å². The number of nitrogens with one attached hydrogen (secondary N) is 2. The molecule has 1 aromatic carbocycles.